The first kappa shape index (κ1) is 21.2. The van der Waals surface area contributed by atoms with Gasteiger partial charge in [-0.3, -0.25) is 4.99 Å². The van der Waals surface area contributed by atoms with Gasteiger partial charge in [-0.15, -0.1) is 0 Å². The van der Waals surface area contributed by atoms with Crippen LogP contribution < -0.4 is 10.1 Å². The highest BCUT2D eigenvalue weighted by atomic mass is 32.2. The Morgan fingerprint density at radius 1 is 1.25 bits per heavy atom. The molecule has 0 aliphatic carbocycles. The van der Waals surface area contributed by atoms with Gasteiger partial charge >= 0.3 is 6.18 Å². The van der Waals surface area contributed by atoms with E-state index in [9.17, 15) is 23.4 Å². The number of benzene rings is 1. The van der Waals surface area contributed by atoms with E-state index in [0.717, 1.165) is 11.8 Å². The van der Waals surface area contributed by atoms with Crippen LogP contribution in [0.2, 0.25) is 0 Å². The van der Waals surface area contributed by atoms with E-state index < -0.39 is 42.1 Å². The van der Waals surface area contributed by atoms with Crippen LogP contribution >= 0.6 is 11.8 Å². The van der Waals surface area contributed by atoms with Gasteiger partial charge in [0.15, 0.2) is 11.3 Å². The number of nitrogens with one attached hydrogen (secondary N) is 1. The monoisotopic (exact) mass is 422 g/mol. The third-order valence-corrected chi connectivity index (χ3v) is 5.68. The standard InChI is InChI=1S/C17H21F3N2O5S/c1-21-16-22-10-11(23)12(24)13(27-15(10)28-16)14(17(18,19)20)26-7-8-3-5-9(25-2)6-4-8/h3-6,10-15,23-24H,7H2,1-2H3,(H,21,22)/t10-,11-,12+,13?,14-,15-/m1/s1. The summed E-state index contributed by atoms with van der Waals surface area (Å²) in [5.41, 5.74) is -0.352. The second-order valence-electron chi connectivity index (χ2n) is 6.36. The highest BCUT2D eigenvalue weighted by molar-refractivity contribution is 8.14. The van der Waals surface area contributed by atoms with Gasteiger partial charge in [0.2, 0.25) is 0 Å². The summed E-state index contributed by atoms with van der Waals surface area (Å²) in [4.78, 5) is 4.13. The van der Waals surface area contributed by atoms with E-state index in [4.69, 9.17) is 14.2 Å². The number of aliphatic imine (C=N–C) groups is 1. The minimum atomic E-state index is -4.80. The van der Waals surface area contributed by atoms with Gasteiger partial charge in [0.1, 0.15) is 35.5 Å². The first-order chi connectivity index (χ1) is 13.2. The van der Waals surface area contributed by atoms with Crippen LogP contribution in [0.4, 0.5) is 13.2 Å². The van der Waals surface area contributed by atoms with Crippen molar-refractivity contribution in [3.05, 3.63) is 29.8 Å². The summed E-state index contributed by atoms with van der Waals surface area (Å²) in [6.45, 7) is -0.351. The van der Waals surface area contributed by atoms with Crippen LogP contribution in [0.1, 0.15) is 5.56 Å². The molecule has 1 unspecified atom stereocenters. The van der Waals surface area contributed by atoms with Crippen LogP contribution in [0.5, 0.6) is 5.75 Å². The molecular weight excluding hydrogens is 401 g/mol. The number of fused-ring (bicyclic) bond motifs is 1. The van der Waals surface area contributed by atoms with Crippen LogP contribution in [-0.2, 0) is 16.1 Å². The third-order valence-electron chi connectivity index (χ3n) is 4.52. The van der Waals surface area contributed by atoms with Crippen LogP contribution in [0.15, 0.2) is 29.3 Å². The van der Waals surface area contributed by atoms with E-state index in [2.05, 4.69) is 10.3 Å². The van der Waals surface area contributed by atoms with Crippen molar-refractivity contribution in [2.75, 3.05) is 14.2 Å². The summed E-state index contributed by atoms with van der Waals surface area (Å²) in [6.07, 6.45) is -12.3. The van der Waals surface area contributed by atoms with Crippen LogP contribution in [0, 0.1) is 0 Å². The van der Waals surface area contributed by atoms with Gasteiger partial charge in [-0.05, 0) is 17.7 Å². The molecule has 3 rings (SSSR count). The van der Waals surface area contributed by atoms with Gasteiger partial charge in [-0.25, -0.2) is 0 Å². The van der Waals surface area contributed by atoms with E-state index in [1.165, 1.54) is 7.11 Å². The summed E-state index contributed by atoms with van der Waals surface area (Å²) in [5, 5.41) is 23.7. The van der Waals surface area contributed by atoms with Gasteiger partial charge in [0.05, 0.1) is 13.7 Å². The molecule has 1 aromatic carbocycles. The van der Waals surface area contributed by atoms with Crippen molar-refractivity contribution in [2.24, 2.45) is 4.99 Å². The molecular formula is C17H21F3N2O5S. The number of amidine groups is 1. The number of nitrogens with zero attached hydrogens (tertiary/aromatic N) is 1. The Morgan fingerprint density at radius 2 is 1.93 bits per heavy atom. The van der Waals surface area contributed by atoms with Crippen LogP contribution in [-0.4, -0.2) is 71.6 Å². The number of ether oxygens (including phenoxy) is 3. The number of aliphatic hydroxyl groups is 2. The summed E-state index contributed by atoms with van der Waals surface area (Å²) < 4.78 is 56.5. The lowest BCUT2D eigenvalue weighted by Crippen LogP contribution is -2.61. The zero-order valence-corrected chi connectivity index (χ0v) is 15.9. The molecule has 11 heteroatoms. The average molecular weight is 422 g/mol. The largest absolute Gasteiger partial charge is 0.497 e. The Kier molecular flexibility index (Phi) is 6.40. The first-order valence-electron chi connectivity index (χ1n) is 8.49. The number of methoxy groups -OCH3 is 1. The fraction of sp³-hybridized carbons (Fsp3) is 0.588. The maximum Gasteiger partial charge on any atom is 0.417 e. The molecule has 1 saturated heterocycles. The van der Waals surface area contributed by atoms with Gasteiger partial charge < -0.3 is 29.7 Å². The van der Waals surface area contributed by atoms with Crippen LogP contribution in [0.3, 0.4) is 0 Å². The Labute approximate surface area is 163 Å². The van der Waals surface area contributed by atoms with Gasteiger partial charge in [0, 0.05) is 7.05 Å². The van der Waals surface area contributed by atoms with Crippen molar-refractivity contribution in [1.29, 1.82) is 0 Å². The molecule has 0 amide bonds. The van der Waals surface area contributed by atoms with Gasteiger partial charge in [0.25, 0.3) is 0 Å². The molecule has 156 valence electrons. The quantitative estimate of drug-likeness (QED) is 0.658. The molecule has 28 heavy (non-hydrogen) atoms. The Morgan fingerprint density at radius 3 is 2.50 bits per heavy atom. The van der Waals surface area contributed by atoms with E-state index in [0.29, 0.717) is 16.5 Å². The molecule has 0 radical (unpaired) electrons. The van der Waals surface area contributed by atoms with Crippen molar-refractivity contribution < 1.29 is 37.6 Å². The molecule has 1 fully saturated rings. The minimum Gasteiger partial charge on any atom is -0.497 e. The molecule has 0 saturated carbocycles. The topological polar surface area (TPSA) is 92.5 Å². The zero-order valence-electron chi connectivity index (χ0n) is 15.1. The highest BCUT2D eigenvalue weighted by Crippen LogP contribution is 2.40. The number of hydrogen-bond donors (Lipinski definition) is 3. The summed E-state index contributed by atoms with van der Waals surface area (Å²) in [5.74, 6) is 0.565. The fourth-order valence-corrected chi connectivity index (χ4v) is 4.11. The Bertz CT molecular complexity index is 703. The van der Waals surface area contributed by atoms with Gasteiger partial charge in [-0.1, -0.05) is 23.9 Å². The molecule has 0 spiro atoms. The van der Waals surface area contributed by atoms with E-state index in [-0.39, 0.29) is 6.61 Å². The summed E-state index contributed by atoms with van der Waals surface area (Å²) in [7, 11) is 3.08. The highest BCUT2D eigenvalue weighted by Gasteiger charge is 2.57. The first-order valence-corrected chi connectivity index (χ1v) is 9.37. The number of aliphatic hydroxyl groups excluding tert-OH is 2. The Balaban J connectivity index is 1.74. The van der Waals surface area contributed by atoms with E-state index in [1.54, 1.807) is 31.3 Å². The predicted octanol–water partition coefficient (Wildman–Crippen LogP) is 1.28. The Hall–Kier alpha value is -1.53. The summed E-state index contributed by atoms with van der Waals surface area (Å²) in [6, 6.07) is 5.51. The van der Waals surface area contributed by atoms with E-state index in [1.807, 2.05) is 0 Å². The lowest BCUT2D eigenvalue weighted by molar-refractivity contribution is -0.286. The molecule has 0 bridgehead atoms. The maximum atomic E-state index is 13.6. The SMILES string of the molecule is CNC1=N[C@@H]2[C@@H](O)[C@H](O)C([C@@H](OCc3ccc(OC)cc3)C(F)(F)F)O[C@@H]2S1. The number of halogens is 3. The molecule has 1 aromatic rings. The number of thioether (sulfide) groups is 1. The molecule has 0 aromatic heterocycles. The van der Waals surface area contributed by atoms with Crippen molar-refractivity contribution in [3.63, 3.8) is 0 Å². The second-order valence-corrected chi connectivity index (χ2v) is 7.45. The molecule has 2 heterocycles. The predicted molar refractivity (Wildman–Crippen MR) is 96.2 cm³/mol. The van der Waals surface area contributed by atoms with Crippen molar-refractivity contribution in [2.45, 2.75) is 48.7 Å². The molecule has 6 atom stereocenters. The van der Waals surface area contributed by atoms with E-state index >= 15 is 0 Å². The average Bonchev–Trinajstić information content (AvgIpc) is 3.08. The van der Waals surface area contributed by atoms with Crippen molar-refractivity contribution in [1.82, 2.24) is 5.32 Å². The summed E-state index contributed by atoms with van der Waals surface area (Å²) >= 11 is 1.06. The number of rotatable bonds is 5. The smallest absolute Gasteiger partial charge is 0.417 e. The molecule has 2 aliphatic rings. The second kappa shape index (κ2) is 8.46. The van der Waals surface area contributed by atoms with Crippen molar-refractivity contribution in [3.8, 4) is 5.75 Å². The third kappa shape index (κ3) is 4.38. The molecule has 7 nitrogen and oxygen atoms in total. The number of alkyl halides is 3. The fourth-order valence-electron chi connectivity index (χ4n) is 3.04. The van der Waals surface area contributed by atoms with Crippen molar-refractivity contribution >= 4 is 16.9 Å². The molecule has 3 N–H and O–H groups in total. The zero-order chi connectivity index (χ0) is 20.5. The van der Waals surface area contributed by atoms with Crippen LogP contribution in [0.25, 0.3) is 0 Å². The normalized spacial score (nSPS) is 31.1. The minimum absolute atomic E-state index is 0.351. The maximum absolute atomic E-state index is 13.6. The lowest BCUT2D eigenvalue weighted by atomic mass is 9.94. The molecule has 2 aliphatic heterocycles. The van der Waals surface area contributed by atoms with Gasteiger partial charge in [-0.2, -0.15) is 13.2 Å². The lowest BCUT2D eigenvalue weighted by Gasteiger charge is -2.41. The number of hydrogen-bond acceptors (Lipinski definition) is 8.